The first-order chi connectivity index (χ1) is 9.19. The molecule has 6 heteroatoms. The molecular weight excluding hydrogens is 328 g/mol. The Morgan fingerprint density at radius 3 is 2.95 bits per heavy atom. The van der Waals surface area contributed by atoms with Crippen molar-refractivity contribution in [2.75, 3.05) is 7.11 Å². The molecule has 0 aliphatic carbocycles. The van der Waals surface area contributed by atoms with Crippen LogP contribution in [-0.4, -0.2) is 17.1 Å². The molecule has 96 valence electrons. The fourth-order valence-electron chi connectivity index (χ4n) is 1.87. The van der Waals surface area contributed by atoms with Crippen molar-refractivity contribution in [3.63, 3.8) is 0 Å². The first kappa shape index (κ1) is 12.4. The number of H-pyrrole nitrogens is 1. The van der Waals surface area contributed by atoms with Crippen LogP contribution in [0.4, 0.5) is 0 Å². The highest BCUT2D eigenvalue weighted by molar-refractivity contribution is 9.10. The van der Waals surface area contributed by atoms with E-state index in [0.717, 1.165) is 20.7 Å². The van der Waals surface area contributed by atoms with Gasteiger partial charge >= 0.3 is 0 Å². The average Bonchev–Trinajstić information content (AvgIpc) is 2.83. The molecule has 3 aromatic rings. The molecular formula is C13H9BrN2O2S. The van der Waals surface area contributed by atoms with Gasteiger partial charge in [-0.15, -0.1) is 11.3 Å². The molecule has 0 fully saturated rings. The van der Waals surface area contributed by atoms with Crippen LogP contribution < -0.4 is 10.3 Å². The number of rotatable bonds is 2. The number of ether oxygens (including phenoxy) is 1. The lowest BCUT2D eigenvalue weighted by atomic mass is 10.1. The lowest BCUT2D eigenvalue weighted by Crippen LogP contribution is -2.02. The molecule has 1 aromatic carbocycles. The Hall–Kier alpha value is -1.66. The Kier molecular flexibility index (Phi) is 3.12. The molecule has 2 aromatic heterocycles. The van der Waals surface area contributed by atoms with Gasteiger partial charge in [0, 0.05) is 14.9 Å². The number of hydrogen-bond acceptors (Lipinski definition) is 4. The van der Waals surface area contributed by atoms with Crippen LogP contribution >= 0.6 is 27.3 Å². The van der Waals surface area contributed by atoms with Crippen LogP contribution in [0.1, 0.15) is 0 Å². The van der Waals surface area contributed by atoms with Crippen molar-refractivity contribution in [1.82, 2.24) is 9.97 Å². The standard InChI is InChI=1S/C13H9BrN2O2S/c1-18-10-4-7(14)2-3-8(10)11-5-9-12(19-11)13(17)16-6-15-9/h2-6H,1H3,(H,15,16,17). The first-order valence-electron chi connectivity index (χ1n) is 5.50. The van der Waals surface area contributed by atoms with E-state index in [1.807, 2.05) is 24.3 Å². The Morgan fingerprint density at radius 1 is 1.37 bits per heavy atom. The van der Waals surface area contributed by atoms with Crippen LogP contribution in [0.5, 0.6) is 5.75 Å². The predicted octanol–water partition coefficient (Wildman–Crippen LogP) is 3.42. The molecule has 0 saturated carbocycles. The van der Waals surface area contributed by atoms with E-state index in [9.17, 15) is 4.79 Å². The largest absolute Gasteiger partial charge is 0.496 e. The lowest BCUT2D eigenvalue weighted by molar-refractivity contribution is 0.416. The number of thiophene rings is 1. The maximum atomic E-state index is 11.7. The summed E-state index contributed by atoms with van der Waals surface area (Å²) in [7, 11) is 1.63. The van der Waals surface area contributed by atoms with Gasteiger partial charge < -0.3 is 9.72 Å². The summed E-state index contributed by atoms with van der Waals surface area (Å²) < 4.78 is 6.95. The van der Waals surface area contributed by atoms with E-state index in [-0.39, 0.29) is 5.56 Å². The number of halogens is 1. The second-order valence-electron chi connectivity index (χ2n) is 3.90. The predicted molar refractivity (Wildman–Crippen MR) is 79.9 cm³/mol. The molecule has 1 N–H and O–H groups in total. The molecule has 4 nitrogen and oxygen atoms in total. The molecule has 0 aliphatic rings. The summed E-state index contributed by atoms with van der Waals surface area (Å²) in [6.45, 7) is 0. The van der Waals surface area contributed by atoms with Crippen molar-refractivity contribution >= 4 is 37.5 Å². The molecule has 0 bridgehead atoms. The lowest BCUT2D eigenvalue weighted by Gasteiger charge is -2.06. The van der Waals surface area contributed by atoms with Gasteiger partial charge in [0.15, 0.2) is 0 Å². The van der Waals surface area contributed by atoms with Gasteiger partial charge in [-0.25, -0.2) is 4.98 Å². The zero-order chi connectivity index (χ0) is 13.4. The quantitative estimate of drug-likeness (QED) is 0.780. The number of nitrogens with zero attached hydrogens (tertiary/aromatic N) is 1. The van der Waals surface area contributed by atoms with Crippen LogP contribution in [0, 0.1) is 0 Å². The van der Waals surface area contributed by atoms with E-state index < -0.39 is 0 Å². The molecule has 0 aliphatic heterocycles. The van der Waals surface area contributed by atoms with Gasteiger partial charge in [0.2, 0.25) is 0 Å². The molecule has 0 unspecified atom stereocenters. The fourth-order valence-corrected chi connectivity index (χ4v) is 3.24. The normalized spacial score (nSPS) is 10.8. The van der Waals surface area contributed by atoms with Gasteiger partial charge in [-0.1, -0.05) is 15.9 Å². The molecule has 0 amide bonds. The minimum Gasteiger partial charge on any atom is -0.496 e. The number of nitrogens with one attached hydrogen (secondary N) is 1. The number of benzene rings is 1. The van der Waals surface area contributed by atoms with Crippen LogP contribution in [0.3, 0.4) is 0 Å². The van der Waals surface area contributed by atoms with Crippen molar-refractivity contribution in [3.05, 3.63) is 45.4 Å². The van der Waals surface area contributed by atoms with Crippen LogP contribution in [0.2, 0.25) is 0 Å². The maximum absolute atomic E-state index is 11.7. The van der Waals surface area contributed by atoms with E-state index in [2.05, 4.69) is 25.9 Å². The van der Waals surface area contributed by atoms with Crippen LogP contribution in [0.15, 0.2) is 39.9 Å². The van der Waals surface area contributed by atoms with E-state index in [1.165, 1.54) is 17.7 Å². The molecule has 0 radical (unpaired) electrons. The van der Waals surface area contributed by atoms with Crippen LogP contribution in [-0.2, 0) is 0 Å². The topological polar surface area (TPSA) is 55.0 Å². The Bertz CT molecular complexity index is 810. The molecule has 0 spiro atoms. The van der Waals surface area contributed by atoms with Crippen molar-refractivity contribution in [2.24, 2.45) is 0 Å². The SMILES string of the molecule is COc1cc(Br)ccc1-c1cc2nc[nH]c(=O)c2s1. The molecule has 0 atom stereocenters. The first-order valence-corrected chi connectivity index (χ1v) is 7.11. The number of methoxy groups -OCH3 is 1. The van der Waals surface area contributed by atoms with Crippen molar-refractivity contribution in [3.8, 4) is 16.2 Å². The van der Waals surface area contributed by atoms with E-state index in [0.29, 0.717) is 10.2 Å². The summed E-state index contributed by atoms with van der Waals surface area (Å²) in [6.07, 6.45) is 1.42. The van der Waals surface area contributed by atoms with E-state index >= 15 is 0 Å². The third kappa shape index (κ3) is 2.17. The number of aromatic amines is 1. The summed E-state index contributed by atoms with van der Waals surface area (Å²) in [5.74, 6) is 0.761. The zero-order valence-electron chi connectivity index (χ0n) is 9.94. The molecule has 19 heavy (non-hydrogen) atoms. The monoisotopic (exact) mass is 336 g/mol. The Morgan fingerprint density at radius 2 is 2.21 bits per heavy atom. The number of fused-ring (bicyclic) bond motifs is 1. The van der Waals surface area contributed by atoms with E-state index in [4.69, 9.17) is 4.74 Å². The fraction of sp³-hybridized carbons (Fsp3) is 0.0769. The zero-order valence-corrected chi connectivity index (χ0v) is 12.3. The van der Waals surface area contributed by atoms with Gasteiger partial charge in [-0.2, -0.15) is 0 Å². The highest BCUT2D eigenvalue weighted by atomic mass is 79.9. The molecule has 2 heterocycles. The van der Waals surface area contributed by atoms with Crippen molar-refractivity contribution in [1.29, 1.82) is 0 Å². The minimum absolute atomic E-state index is 0.114. The third-order valence-corrected chi connectivity index (χ3v) is 4.40. The summed E-state index contributed by atoms with van der Waals surface area (Å²) in [5.41, 5.74) is 1.54. The second kappa shape index (κ2) is 4.79. The highest BCUT2D eigenvalue weighted by Crippen LogP contribution is 2.37. The second-order valence-corrected chi connectivity index (χ2v) is 5.87. The number of aromatic nitrogens is 2. The average molecular weight is 337 g/mol. The summed E-state index contributed by atoms with van der Waals surface area (Å²) in [5, 5.41) is 0. The maximum Gasteiger partial charge on any atom is 0.268 e. The Labute approximate surface area is 121 Å². The minimum atomic E-state index is -0.114. The van der Waals surface area contributed by atoms with Gasteiger partial charge in [-0.05, 0) is 24.3 Å². The smallest absolute Gasteiger partial charge is 0.268 e. The van der Waals surface area contributed by atoms with Crippen molar-refractivity contribution in [2.45, 2.75) is 0 Å². The Balaban J connectivity index is 2.25. The van der Waals surface area contributed by atoms with Crippen LogP contribution in [0.25, 0.3) is 20.7 Å². The molecule has 0 saturated heterocycles. The van der Waals surface area contributed by atoms with Gasteiger partial charge in [-0.3, -0.25) is 4.79 Å². The summed E-state index contributed by atoms with van der Waals surface area (Å²) in [4.78, 5) is 19.4. The highest BCUT2D eigenvalue weighted by Gasteiger charge is 2.12. The summed E-state index contributed by atoms with van der Waals surface area (Å²) >= 11 is 4.82. The molecule has 3 rings (SSSR count). The number of hydrogen-bond donors (Lipinski definition) is 1. The summed E-state index contributed by atoms with van der Waals surface area (Å²) in [6, 6.07) is 7.71. The van der Waals surface area contributed by atoms with Gasteiger partial charge in [0.1, 0.15) is 10.4 Å². The third-order valence-electron chi connectivity index (χ3n) is 2.75. The van der Waals surface area contributed by atoms with Gasteiger partial charge in [0.05, 0.1) is 19.0 Å². The van der Waals surface area contributed by atoms with E-state index in [1.54, 1.807) is 7.11 Å². The van der Waals surface area contributed by atoms with Gasteiger partial charge in [0.25, 0.3) is 5.56 Å². The van der Waals surface area contributed by atoms with Crippen molar-refractivity contribution < 1.29 is 4.74 Å².